The normalized spacial score (nSPS) is 10.5. The Bertz CT molecular complexity index is 931. The number of methoxy groups -OCH3 is 1. The van der Waals surface area contributed by atoms with Gasteiger partial charge in [-0.05, 0) is 30.7 Å². The maximum Gasteiger partial charge on any atom is 0.255 e. The van der Waals surface area contributed by atoms with E-state index in [4.69, 9.17) is 21.1 Å². The van der Waals surface area contributed by atoms with Crippen molar-refractivity contribution in [3.05, 3.63) is 53.7 Å². The van der Waals surface area contributed by atoms with Crippen LogP contribution in [-0.2, 0) is 0 Å². The molecule has 8 nitrogen and oxygen atoms in total. The van der Waals surface area contributed by atoms with E-state index in [2.05, 4.69) is 20.4 Å². The number of amides is 1. The third-order valence-electron chi connectivity index (χ3n) is 3.61. The average molecular weight is 388 g/mol. The molecule has 0 atom stereocenters. The number of carbonyl (C=O) groups excluding carboxylic acids is 1. The monoisotopic (exact) mass is 387 g/mol. The minimum atomic E-state index is -0.369. The van der Waals surface area contributed by atoms with E-state index in [0.29, 0.717) is 40.2 Å². The van der Waals surface area contributed by atoms with Crippen LogP contribution in [0.4, 0.5) is 5.69 Å². The summed E-state index contributed by atoms with van der Waals surface area (Å²) in [4.78, 5) is 20.9. The van der Waals surface area contributed by atoms with E-state index in [-0.39, 0.29) is 5.91 Å². The Morgan fingerprint density at radius 2 is 2.22 bits per heavy atom. The Morgan fingerprint density at radius 1 is 1.37 bits per heavy atom. The number of carbonyl (C=O) groups is 1. The highest BCUT2D eigenvalue weighted by Gasteiger charge is 2.17. The van der Waals surface area contributed by atoms with E-state index in [0.717, 1.165) is 6.42 Å². The van der Waals surface area contributed by atoms with Gasteiger partial charge in [0.2, 0.25) is 0 Å². The number of nitrogens with zero attached hydrogens (tertiary/aromatic N) is 4. The van der Waals surface area contributed by atoms with Crippen molar-refractivity contribution in [1.29, 1.82) is 0 Å². The fraction of sp³-hybridized carbons (Fsp3) is 0.222. The van der Waals surface area contributed by atoms with Gasteiger partial charge in [-0.1, -0.05) is 18.5 Å². The predicted octanol–water partition coefficient (Wildman–Crippen LogP) is 3.37. The van der Waals surface area contributed by atoms with Crippen molar-refractivity contribution >= 4 is 23.2 Å². The molecule has 0 aliphatic rings. The molecule has 0 aliphatic carbocycles. The fourth-order valence-electron chi connectivity index (χ4n) is 2.38. The highest BCUT2D eigenvalue weighted by Crippen LogP contribution is 2.36. The van der Waals surface area contributed by atoms with Gasteiger partial charge in [0.25, 0.3) is 5.91 Å². The third kappa shape index (κ3) is 4.17. The maximum atomic E-state index is 12.7. The number of nitrogens with one attached hydrogen (secondary N) is 1. The van der Waals surface area contributed by atoms with Crippen molar-refractivity contribution in [3.8, 4) is 17.3 Å². The summed E-state index contributed by atoms with van der Waals surface area (Å²) in [6, 6.07) is 6.55. The van der Waals surface area contributed by atoms with E-state index < -0.39 is 0 Å². The number of pyridine rings is 1. The lowest BCUT2D eigenvalue weighted by molar-refractivity contribution is 0.102. The average Bonchev–Trinajstić information content (AvgIpc) is 3.21. The van der Waals surface area contributed by atoms with Crippen molar-refractivity contribution in [1.82, 2.24) is 19.7 Å². The molecule has 0 spiro atoms. The molecular formula is C18H18ClN5O3. The van der Waals surface area contributed by atoms with E-state index in [1.807, 2.05) is 6.92 Å². The summed E-state index contributed by atoms with van der Waals surface area (Å²) in [7, 11) is 1.50. The number of anilines is 1. The molecule has 9 heteroatoms. The van der Waals surface area contributed by atoms with Crippen LogP contribution in [0.1, 0.15) is 23.7 Å². The predicted molar refractivity (Wildman–Crippen MR) is 101 cm³/mol. The van der Waals surface area contributed by atoms with Crippen LogP contribution in [-0.4, -0.2) is 39.4 Å². The summed E-state index contributed by atoms with van der Waals surface area (Å²) in [5.74, 6) is 0.891. The van der Waals surface area contributed by atoms with E-state index in [1.54, 1.807) is 24.4 Å². The van der Waals surface area contributed by atoms with Gasteiger partial charge in [-0.2, -0.15) is 5.10 Å². The number of aromatic nitrogens is 4. The molecule has 0 saturated heterocycles. The topological polar surface area (TPSA) is 91.2 Å². The molecule has 0 bridgehead atoms. The molecule has 3 aromatic rings. The first kappa shape index (κ1) is 18.7. The Labute approximate surface area is 161 Å². The molecule has 0 saturated carbocycles. The first-order chi connectivity index (χ1) is 13.1. The van der Waals surface area contributed by atoms with E-state index >= 15 is 0 Å². The third-order valence-corrected chi connectivity index (χ3v) is 3.89. The molecule has 1 N–H and O–H groups in total. The Morgan fingerprint density at radius 3 is 2.93 bits per heavy atom. The second-order valence-corrected chi connectivity index (χ2v) is 5.91. The number of rotatable bonds is 7. The standard InChI is InChI=1S/C18H18ClN5O3/c1-3-7-27-16-13(19)8-12(9-15(16)26-2)18(25)23-14-5-4-6-21-17(14)24-11-20-10-22-24/h4-6,8-11H,3,7H2,1-2H3,(H,23,25). The van der Waals surface area contributed by atoms with E-state index in [9.17, 15) is 4.79 Å². The Kier molecular flexibility index (Phi) is 5.87. The lowest BCUT2D eigenvalue weighted by atomic mass is 10.1. The molecule has 0 radical (unpaired) electrons. The molecule has 1 aromatic carbocycles. The Balaban J connectivity index is 1.88. The zero-order chi connectivity index (χ0) is 19.2. The summed E-state index contributed by atoms with van der Waals surface area (Å²) in [5, 5.41) is 7.16. The quantitative estimate of drug-likeness (QED) is 0.668. The minimum Gasteiger partial charge on any atom is -0.493 e. The zero-order valence-corrected chi connectivity index (χ0v) is 15.6. The van der Waals surface area contributed by atoms with Gasteiger partial charge in [-0.15, -0.1) is 0 Å². The largest absolute Gasteiger partial charge is 0.493 e. The summed E-state index contributed by atoms with van der Waals surface area (Å²) in [6.07, 6.45) is 5.32. The highest BCUT2D eigenvalue weighted by atomic mass is 35.5. The minimum absolute atomic E-state index is 0.302. The summed E-state index contributed by atoms with van der Waals surface area (Å²) in [6.45, 7) is 2.49. The Hall–Kier alpha value is -3.13. The molecule has 0 fully saturated rings. The van der Waals surface area contributed by atoms with Crippen LogP contribution < -0.4 is 14.8 Å². The SMILES string of the molecule is CCCOc1c(Cl)cc(C(=O)Nc2cccnc2-n2cncn2)cc1OC. The molecular weight excluding hydrogens is 370 g/mol. The zero-order valence-electron chi connectivity index (χ0n) is 14.8. The number of hydrogen-bond acceptors (Lipinski definition) is 6. The van der Waals surface area contributed by atoms with Gasteiger partial charge in [0.05, 0.1) is 24.4 Å². The van der Waals surface area contributed by atoms with Crippen molar-refractivity contribution in [2.24, 2.45) is 0 Å². The molecule has 0 aliphatic heterocycles. The van der Waals surface area contributed by atoms with Crippen LogP contribution in [0.5, 0.6) is 11.5 Å². The molecule has 2 aromatic heterocycles. The summed E-state index contributed by atoms with van der Waals surface area (Å²) in [5.41, 5.74) is 0.809. The van der Waals surface area contributed by atoms with Gasteiger partial charge in [-0.3, -0.25) is 4.79 Å². The van der Waals surface area contributed by atoms with Gasteiger partial charge in [-0.25, -0.2) is 14.6 Å². The first-order valence-corrected chi connectivity index (χ1v) is 8.63. The molecule has 140 valence electrons. The number of ether oxygens (including phenoxy) is 2. The lowest BCUT2D eigenvalue weighted by Crippen LogP contribution is -2.15. The van der Waals surface area contributed by atoms with Gasteiger partial charge >= 0.3 is 0 Å². The van der Waals surface area contributed by atoms with Crippen LogP contribution in [0.2, 0.25) is 5.02 Å². The van der Waals surface area contributed by atoms with Crippen molar-refractivity contribution in [2.75, 3.05) is 19.0 Å². The van der Waals surface area contributed by atoms with E-state index in [1.165, 1.54) is 30.5 Å². The van der Waals surface area contributed by atoms with Gasteiger partial charge in [0.15, 0.2) is 17.3 Å². The summed E-state index contributed by atoms with van der Waals surface area (Å²) < 4.78 is 12.4. The fourth-order valence-corrected chi connectivity index (χ4v) is 2.65. The smallest absolute Gasteiger partial charge is 0.255 e. The molecule has 0 unspecified atom stereocenters. The van der Waals surface area contributed by atoms with Crippen molar-refractivity contribution in [2.45, 2.75) is 13.3 Å². The maximum absolute atomic E-state index is 12.7. The van der Waals surface area contributed by atoms with Gasteiger partial charge < -0.3 is 14.8 Å². The van der Waals surface area contributed by atoms with Crippen LogP contribution in [0.3, 0.4) is 0 Å². The van der Waals surface area contributed by atoms with Crippen LogP contribution >= 0.6 is 11.6 Å². The highest BCUT2D eigenvalue weighted by molar-refractivity contribution is 6.32. The number of hydrogen-bond donors (Lipinski definition) is 1. The van der Waals surface area contributed by atoms with Crippen LogP contribution in [0, 0.1) is 0 Å². The summed E-state index contributed by atoms with van der Waals surface area (Å²) >= 11 is 6.29. The molecule has 3 rings (SSSR count). The van der Waals surface area contributed by atoms with Crippen molar-refractivity contribution in [3.63, 3.8) is 0 Å². The second-order valence-electron chi connectivity index (χ2n) is 5.51. The molecule has 27 heavy (non-hydrogen) atoms. The second kappa shape index (κ2) is 8.50. The number of benzene rings is 1. The lowest BCUT2D eigenvalue weighted by Gasteiger charge is -2.14. The first-order valence-electron chi connectivity index (χ1n) is 8.25. The van der Waals surface area contributed by atoms with Gasteiger partial charge in [0, 0.05) is 11.8 Å². The van der Waals surface area contributed by atoms with Gasteiger partial charge in [0.1, 0.15) is 12.7 Å². The number of halogens is 1. The van der Waals surface area contributed by atoms with Crippen LogP contribution in [0.25, 0.3) is 5.82 Å². The van der Waals surface area contributed by atoms with Crippen molar-refractivity contribution < 1.29 is 14.3 Å². The molecule has 1 amide bonds. The molecule has 2 heterocycles. The van der Waals surface area contributed by atoms with Crippen LogP contribution in [0.15, 0.2) is 43.1 Å².